The number of hydrogen-bond acceptors (Lipinski definition) is 4. The van der Waals surface area contributed by atoms with E-state index in [2.05, 4.69) is 10.3 Å². The number of rotatable bonds is 5. The number of carbonyl (C=O) groups is 2. The summed E-state index contributed by atoms with van der Waals surface area (Å²) < 4.78 is 18.5. The highest BCUT2D eigenvalue weighted by Gasteiger charge is 2.38. The van der Waals surface area contributed by atoms with Gasteiger partial charge in [0, 0.05) is 30.8 Å². The van der Waals surface area contributed by atoms with E-state index in [4.69, 9.17) is 4.74 Å². The van der Waals surface area contributed by atoms with E-state index in [-0.39, 0.29) is 17.6 Å². The molecule has 0 aliphatic carbocycles. The molecular weight excluding hydrogens is 373 g/mol. The maximum Gasteiger partial charge on any atom is 0.243 e. The molecule has 2 amide bonds. The predicted octanol–water partition coefficient (Wildman–Crippen LogP) is 3.67. The first kappa shape index (κ1) is 20.8. The zero-order chi connectivity index (χ0) is 21.0. The zero-order valence-corrected chi connectivity index (χ0v) is 16.9. The summed E-state index contributed by atoms with van der Waals surface area (Å²) in [6, 6.07) is 8.76. The van der Waals surface area contributed by atoms with Crippen molar-refractivity contribution in [3.63, 3.8) is 0 Å². The first-order valence-corrected chi connectivity index (χ1v) is 9.71. The summed E-state index contributed by atoms with van der Waals surface area (Å²) >= 11 is 0. The Morgan fingerprint density at radius 3 is 2.55 bits per heavy atom. The topological polar surface area (TPSA) is 71.5 Å². The summed E-state index contributed by atoms with van der Waals surface area (Å²) in [5, 5.41) is 2.90. The number of likely N-dealkylation sites (tertiary alicyclic amines) is 1. The summed E-state index contributed by atoms with van der Waals surface area (Å²) in [5.41, 5.74) is 0.309. The molecule has 1 atom stereocenters. The predicted molar refractivity (Wildman–Crippen MR) is 107 cm³/mol. The summed E-state index contributed by atoms with van der Waals surface area (Å²) in [4.78, 5) is 31.1. The molecule has 1 N–H and O–H groups in total. The van der Waals surface area contributed by atoms with Crippen molar-refractivity contribution in [1.82, 2.24) is 15.2 Å². The number of aromatic nitrogens is 1. The van der Waals surface area contributed by atoms with Crippen molar-refractivity contribution in [2.75, 3.05) is 6.54 Å². The van der Waals surface area contributed by atoms with E-state index in [0.29, 0.717) is 31.1 Å². The minimum absolute atomic E-state index is 0.000823. The van der Waals surface area contributed by atoms with Crippen LogP contribution in [0.3, 0.4) is 0 Å². The fourth-order valence-electron chi connectivity index (χ4n) is 3.22. The van der Waals surface area contributed by atoms with Crippen molar-refractivity contribution in [2.45, 2.75) is 46.2 Å². The summed E-state index contributed by atoms with van der Waals surface area (Å²) in [7, 11) is 0. The number of nitrogens with zero attached hydrogens (tertiary/aromatic N) is 2. The monoisotopic (exact) mass is 399 g/mol. The van der Waals surface area contributed by atoms with Gasteiger partial charge in [0.25, 0.3) is 0 Å². The van der Waals surface area contributed by atoms with Gasteiger partial charge in [0.05, 0.1) is 0 Å². The van der Waals surface area contributed by atoms with Gasteiger partial charge in [-0.15, -0.1) is 0 Å². The highest BCUT2D eigenvalue weighted by atomic mass is 19.1. The van der Waals surface area contributed by atoms with Crippen molar-refractivity contribution in [1.29, 1.82) is 0 Å². The van der Waals surface area contributed by atoms with E-state index in [1.54, 1.807) is 23.2 Å². The molecule has 6 nitrogen and oxygen atoms in total. The lowest BCUT2D eigenvalue weighted by molar-refractivity contribution is -0.144. The van der Waals surface area contributed by atoms with Crippen LogP contribution in [-0.4, -0.2) is 34.3 Å². The Balaban J connectivity index is 1.54. The molecule has 1 fully saturated rings. The molecule has 3 rings (SSSR count). The molecular formula is C22H26FN3O3. The smallest absolute Gasteiger partial charge is 0.243 e. The second-order valence-corrected chi connectivity index (χ2v) is 8.19. The van der Waals surface area contributed by atoms with Crippen LogP contribution in [0.4, 0.5) is 4.39 Å². The Kier molecular flexibility index (Phi) is 6.15. The third kappa shape index (κ3) is 5.31. The van der Waals surface area contributed by atoms with Crippen LogP contribution in [0.2, 0.25) is 0 Å². The molecule has 2 heterocycles. The molecule has 1 unspecified atom stereocenters. The molecule has 7 heteroatoms. The van der Waals surface area contributed by atoms with Gasteiger partial charge in [-0.2, -0.15) is 0 Å². The average Bonchev–Trinajstić information content (AvgIpc) is 3.17. The van der Waals surface area contributed by atoms with Crippen LogP contribution < -0.4 is 10.1 Å². The molecule has 0 radical (unpaired) electrons. The summed E-state index contributed by atoms with van der Waals surface area (Å²) in [6.07, 6.45) is 3.12. The maximum absolute atomic E-state index is 12.9. The van der Waals surface area contributed by atoms with Crippen molar-refractivity contribution < 1.29 is 18.7 Å². The van der Waals surface area contributed by atoms with E-state index in [1.165, 1.54) is 24.3 Å². The molecule has 1 aliphatic heterocycles. The summed E-state index contributed by atoms with van der Waals surface area (Å²) in [6.45, 7) is 6.53. The largest absolute Gasteiger partial charge is 0.439 e. The minimum Gasteiger partial charge on any atom is -0.439 e. The molecule has 1 aliphatic rings. The highest BCUT2D eigenvalue weighted by molar-refractivity contribution is 5.90. The van der Waals surface area contributed by atoms with Crippen LogP contribution in [0.15, 0.2) is 42.6 Å². The van der Waals surface area contributed by atoms with Gasteiger partial charge in [-0.25, -0.2) is 9.37 Å². The number of amides is 2. The number of carbonyl (C=O) groups excluding carboxylic acids is 2. The van der Waals surface area contributed by atoms with Crippen LogP contribution in [0.5, 0.6) is 11.6 Å². The lowest BCUT2D eigenvalue weighted by Crippen LogP contribution is -2.49. The van der Waals surface area contributed by atoms with Gasteiger partial charge in [-0.3, -0.25) is 9.59 Å². The van der Waals surface area contributed by atoms with E-state index >= 15 is 0 Å². The Labute approximate surface area is 170 Å². The van der Waals surface area contributed by atoms with Crippen LogP contribution in [0.25, 0.3) is 0 Å². The quantitative estimate of drug-likeness (QED) is 0.833. The summed E-state index contributed by atoms with van der Waals surface area (Å²) in [5.74, 6) is 0.390. The molecule has 1 aromatic carbocycles. The molecule has 0 spiro atoms. The lowest BCUT2D eigenvalue weighted by Gasteiger charge is -2.30. The molecule has 1 aromatic heterocycles. The normalized spacial score (nSPS) is 16.6. The van der Waals surface area contributed by atoms with Gasteiger partial charge in [-0.1, -0.05) is 26.8 Å². The van der Waals surface area contributed by atoms with Crippen molar-refractivity contribution in [2.24, 2.45) is 5.41 Å². The van der Waals surface area contributed by atoms with Gasteiger partial charge in [-0.05, 0) is 42.7 Å². The first-order chi connectivity index (χ1) is 13.7. The number of nitrogens with one attached hydrogen (secondary N) is 1. The minimum atomic E-state index is -0.507. The first-order valence-electron chi connectivity index (χ1n) is 9.71. The van der Waals surface area contributed by atoms with Crippen molar-refractivity contribution in [3.8, 4) is 11.6 Å². The molecule has 154 valence electrons. The Morgan fingerprint density at radius 2 is 1.93 bits per heavy atom. The third-order valence-corrected chi connectivity index (χ3v) is 4.76. The average molecular weight is 399 g/mol. The lowest BCUT2D eigenvalue weighted by atomic mass is 9.94. The second-order valence-electron chi connectivity index (χ2n) is 8.19. The Hall–Kier alpha value is -2.96. The van der Waals surface area contributed by atoms with Crippen LogP contribution >= 0.6 is 0 Å². The van der Waals surface area contributed by atoms with E-state index in [9.17, 15) is 14.0 Å². The molecule has 1 saturated heterocycles. The van der Waals surface area contributed by atoms with Crippen molar-refractivity contribution in [3.05, 3.63) is 54.0 Å². The number of halogens is 1. The number of benzene rings is 1. The number of hydrogen-bond donors (Lipinski definition) is 1. The third-order valence-electron chi connectivity index (χ3n) is 4.76. The molecule has 0 bridgehead atoms. The van der Waals surface area contributed by atoms with Crippen LogP contribution in [0, 0.1) is 11.2 Å². The standard InChI is InChI=1S/C22H26FN3O3/c1-22(2,3)21(28)26-12-4-5-18(26)20(27)25-14-15-6-11-19(24-13-15)29-17-9-7-16(23)8-10-17/h6-11,13,18H,4-5,12,14H2,1-3H3,(H,25,27). The van der Waals surface area contributed by atoms with Gasteiger partial charge in [0.1, 0.15) is 17.6 Å². The van der Waals surface area contributed by atoms with E-state index < -0.39 is 11.5 Å². The fraction of sp³-hybridized carbons (Fsp3) is 0.409. The van der Waals surface area contributed by atoms with Crippen molar-refractivity contribution >= 4 is 11.8 Å². The fourth-order valence-corrected chi connectivity index (χ4v) is 3.22. The Bertz CT molecular complexity index is 860. The second kappa shape index (κ2) is 8.59. The van der Waals surface area contributed by atoms with E-state index in [1.807, 2.05) is 20.8 Å². The molecule has 2 aromatic rings. The van der Waals surface area contributed by atoms with Gasteiger partial charge < -0.3 is 15.0 Å². The molecule has 0 saturated carbocycles. The SMILES string of the molecule is CC(C)(C)C(=O)N1CCCC1C(=O)NCc1ccc(Oc2ccc(F)cc2)nc1. The zero-order valence-electron chi connectivity index (χ0n) is 16.9. The molecule has 29 heavy (non-hydrogen) atoms. The van der Waals surface area contributed by atoms with Gasteiger partial charge >= 0.3 is 0 Å². The number of ether oxygens (including phenoxy) is 1. The van der Waals surface area contributed by atoms with Gasteiger partial charge in [0.2, 0.25) is 17.7 Å². The van der Waals surface area contributed by atoms with Gasteiger partial charge in [0.15, 0.2) is 0 Å². The Morgan fingerprint density at radius 1 is 1.21 bits per heavy atom. The highest BCUT2D eigenvalue weighted by Crippen LogP contribution is 2.25. The van der Waals surface area contributed by atoms with Crippen LogP contribution in [-0.2, 0) is 16.1 Å². The number of pyridine rings is 1. The maximum atomic E-state index is 12.9. The van der Waals surface area contributed by atoms with E-state index in [0.717, 1.165) is 12.0 Å². The van der Waals surface area contributed by atoms with Crippen LogP contribution in [0.1, 0.15) is 39.2 Å².